The van der Waals surface area contributed by atoms with E-state index >= 15 is 0 Å². The lowest BCUT2D eigenvalue weighted by molar-refractivity contribution is -0.137. The first-order valence-corrected chi connectivity index (χ1v) is 11.8. The van der Waals surface area contributed by atoms with Gasteiger partial charge in [0, 0.05) is 40.8 Å². The minimum Gasteiger partial charge on any atom is -0.341 e. The Bertz CT molecular complexity index is 1150. The summed E-state index contributed by atoms with van der Waals surface area (Å²) >= 11 is 1.29. The molecule has 2 heterocycles. The Kier molecular flexibility index (Phi) is 6.97. The van der Waals surface area contributed by atoms with Gasteiger partial charge in [0.1, 0.15) is 6.54 Å². The molecule has 1 saturated heterocycles. The van der Waals surface area contributed by atoms with Crippen molar-refractivity contribution in [2.24, 2.45) is 0 Å². The van der Waals surface area contributed by atoms with Gasteiger partial charge in [-0.25, -0.2) is 0 Å². The van der Waals surface area contributed by atoms with Gasteiger partial charge < -0.3 is 14.8 Å². The Morgan fingerprint density at radius 2 is 1.76 bits per heavy atom. The van der Waals surface area contributed by atoms with Gasteiger partial charge in [0.15, 0.2) is 0 Å². The van der Waals surface area contributed by atoms with Crippen LogP contribution in [0.25, 0.3) is 10.9 Å². The van der Waals surface area contributed by atoms with E-state index in [4.69, 9.17) is 0 Å². The number of amides is 2. The number of carbonyl (C=O) groups is 2. The molecule has 3 aromatic rings. The summed E-state index contributed by atoms with van der Waals surface area (Å²) in [6.45, 7) is 1.81. The second-order valence-corrected chi connectivity index (χ2v) is 9.01. The van der Waals surface area contributed by atoms with Gasteiger partial charge in [-0.1, -0.05) is 24.3 Å². The van der Waals surface area contributed by atoms with Crippen LogP contribution in [-0.4, -0.2) is 40.1 Å². The zero-order chi connectivity index (χ0) is 23.4. The minimum atomic E-state index is -4.47. The third-order valence-electron chi connectivity index (χ3n) is 5.60. The number of aromatic nitrogens is 1. The van der Waals surface area contributed by atoms with E-state index in [1.165, 1.54) is 23.9 Å². The SMILES string of the molecule is O=C(CSc1cn(CC(=O)N2CCCCC2)c2ccccc12)Nc1cccc(C(F)(F)F)c1. The van der Waals surface area contributed by atoms with Crippen LogP contribution >= 0.6 is 11.8 Å². The molecule has 1 aromatic heterocycles. The predicted octanol–water partition coefficient (Wildman–Crippen LogP) is 5.40. The van der Waals surface area contributed by atoms with Crippen molar-refractivity contribution < 1.29 is 22.8 Å². The standard InChI is InChI=1S/C24H24F3N3O2S/c25-24(26,27)17-7-6-8-18(13-17)28-22(31)16-33-21-14-30(20-10-3-2-9-19(20)21)15-23(32)29-11-4-1-5-12-29/h2-3,6-10,13-14H,1,4-5,11-12,15-16H2,(H,28,31). The summed E-state index contributed by atoms with van der Waals surface area (Å²) in [5.74, 6) is -0.292. The maximum Gasteiger partial charge on any atom is 0.416 e. The minimum absolute atomic E-state index is 0.0321. The number of piperidine rings is 1. The largest absolute Gasteiger partial charge is 0.416 e. The number of hydrogen-bond acceptors (Lipinski definition) is 3. The van der Waals surface area contributed by atoms with E-state index in [1.54, 1.807) is 0 Å². The highest BCUT2D eigenvalue weighted by Gasteiger charge is 2.30. The van der Waals surface area contributed by atoms with Crippen LogP contribution in [0.5, 0.6) is 0 Å². The molecule has 1 N–H and O–H groups in total. The number of nitrogens with one attached hydrogen (secondary N) is 1. The summed E-state index contributed by atoms with van der Waals surface area (Å²) in [5.41, 5.74) is 0.197. The number of carbonyl (C=O) groups excluding carboxylic acids is 2. The fourth-order valence-corrected chi connectivity index (χ4v) is 4.85. The molecule has 0 aliphatic carbocycles. The number of likely N-dealkylation sites (tertiary alicyclic amines) is 1. The number of anilines is 1. The molecule has 9 heteroatoms. The molecule has 0 saturated carbocycles. The Morgan fingerprint density at radius 3 is 2.52 bits per heavy atom. The molecular weight excluding hydrogens is 451 g/mol. The molecular formula is C24H24F3N3O2S. The molecule has 4 rings (SSSR count). The Labute approximate surface area is 193 Å². The third kappa shape index (κ3) is 5.71. The van der Waals surface area contributed by atoms with E-state index in [1.807, 2.05) is 39.9 Å². The first-order chi connectivity index (χ1) is 15.8. The number of fused-ring (bicyclic) bond motifs is 1. The van der Waals surface area contributed by atoms with Crippen LogP contribution in [0.4, 0.5) is 18.9 Å². The van der Waals surface area contributed by atoms with Crippen LogP contribution in [-0.2, 0) is 22.3 Å². The highest BCUT2D eigenvalue weighted by molar-refractivity contribution is 8.00. The molecule has 174 valence electrons. The summed E-state index contributed by atoms with van der Waals surface area (Å²) in [6, 6.07) is 12.2. The first kappa shape index (κ1) is 23.2. The molecule has 0 bridgehead atoms. The Morgan fingerprint density at radius 1 is 1.00 bits per heavy atom. The molecule has 5 nitrogen and oxygen atoms in total. The highest BCUT2D eigenvalue weighted by atomic mass is 32.2. The van der Waals surface area contributed by atoms with Crippen molar-refractivity contribution in [2.75, 3.05) is 24.2 Å². The van der Waals surface area contributed by atoms with E-state index in [2.05, 4.69) is 5.32 Å². The molecule has 1 fully saturated rings. The van der Waals surface area contributed by atoms with E-state index < -0.39 is 17.6 Å². The molecule has 0 radical (unpaired) electrons. The van der Waals surface area contributed by atoms with Crippen LogP contribution in [0.15, 0.2) is 59.6 Å². The van der Waals surface area contributed by atoms with Crippen LogP contribution in [0.3, 0.4) is 0 Å². The number of rotatable bonds is 6. The van der Waals surface area contributed by atoms with Crippen molar-refractivity contribution >= 4 is 40.2 Å². The molecule has 0 spiro atoms. The predicted molar refractivity (Wildman–Crippen MR) is 123 cm³/mol. The van der Waals surface area contributed by atoms with Crippen molar-refractivity contribution in [1.82, 2.24) is 9.47 Å². The maximum atomic E-state index is 12.9. The number of para-hydroxylation sites is 1. The fourth-order valence-electron chi connectivity index (χ4n) is 3.96. The lowest BCUT2D eigenvalue weighted by Gasteiger charge is -2.27. The molecule has 2 amide bonds. The first-order valence-electron chi connectivity index (χ1n) is 10.8. The number of nitrogens with zero attached hydrogens (tertiary/aromatic N) is 2. The second-order valence-electron chi connectivity index (χ2n) is 8.00. The van der Waals surface area contributed by atoms with Gasteiger partial charge in [-0.3, -0.25) is 9.59 Å². The van der Waals surface area contributed by atoms with Crippen molar-refractivity contribution in [3.63, 3.8) is 0 Å². The van der Waals surface area contributed by atoms with Crippen LogP contribution in [0.2, 0.25) is 0 Å². The van der Waals surface area contributed by atoms with Gasteiger partial charge >= 0.3 is 6.18 Å². The van der Waals surface area contributed by atoms with Gasteiger partial charge in [-0.15, -0.1) is 11.8 Å². The molecule has 1 aliphatic heterocycles. The Balaban J connectivity index is 1.43. The fraction of sp³-hybridized carbons (Fsp3) is 0.333. The summed E-state index contributed by atoms with van der Waals surface area (Å²) < 4.78 is 40.6. The van der Waals surface area contributed by atoms with Gasteiger partial charge in [0.2, 0.25) is 11.8 Å². The van der Waals surface area contributed by atoms with Gasteiger partial charge in [0.05, 0.1) is 11.3 Å². The zero-order valence-electron chi connectivity index (χ0n) is 17.9. The zero-order valence-corrected chi connectivity index (χ0v) is 18.7. The smallest absolute Gasteiger partial charge is 0.341 e. The number of thioether (sulfide) groups is 1. The summed E-state index contributed by atoms with van der Waals surface area (Å²) in [6.07, 6.45) is 0.609. The van der Waals surface area contributed by atoms with Crippen molar-refractivity contribution in [3.8, 4) is 0 Å². The number of alkyl halides is 3. The number of halogens is 3. The van der Waals surface area contributed by atoms with Crippen molar-refractivity contribution in [3.05, 3.63) is 60.3 Å². The quantitative estimate of drug-likeness (QED) is 0.486. The lowest BCUT2D eigenvalue weighted by atomic mass is 10.1. The maximum absolute atomic E-state index is 12.9. The molecule has 0 atom stereocenters. The average molecular weight is 476 g/mol. The highest BCUT2D eigenvalue weighted by Crippen LogP contribution is 2.32. The van der Waals surface area contributed by atoms with Crippen LogP contribution in [0, 0.1) is 0 Å². The Hall–Kier alpha value is -2.94. The summed E-state index contributed by atoms with van der Waals surface area (Å²) in [5, 5.41) is 3.46. The molecule has 2 aromatic carbocycles. The van der Waals surface area contributed by atoms with Crippen LogP contribution < -0.4 is 5.32 Å². The lowest BCUT2D eigenvalue weighted by Crippen LogP contribution is -2.37. The number of hydrogen-bond donors (Lipinski definition) is 1. The van der Waals surface area contributed by atoms with Crippen molar-refractivity contribution in [2.45, 2.75) is 36.9 Å². The topological polar surface area (TPSA) is 54.3 Å². The van der Waals surface area contributed by atoms with Crippen LogP contribution in [0.1, 0.15) is 24.8 Å². The van der Waals surface area contributed by atoms with E-state index in [-0.39, 0.29) is 23.9 Å². The van der Waals surface area contributed by atoms with E-state index in [9.17, 15) is 22.8 Å². The molecule has 1 aliphatic rings. The van der Waals surface area contributed by atoms with E-state index in [0.717, 1.165) is 60.3 Å². The summed E-state index contributed by atoms with van der Waals surface area (Å²) in [4.78, 5) is 27.9. The van der Waals surface area contributed by atoms with Gasteiger partial charge in [0.25, 0.3) is 0 Å². The van der Waals surface area contributed by atoms with Gasteiger partial charge in [-0.05, 0) is 43.5 Å². The monoisotopic (exact) mass is 475 g/mol. The average Bonchev–Trinajstić information content (AvgIpc) is 3.15. The number of benzene rings is 2. The molecule has 0 unspecified atom stereocenters. The second kappa shape index (κ2) is 9.91. The van der Waals surface area contributed by atoms with E-state index in [0.29, 0.717) is 0 Å². The normalized spacial score (nSPS) is 14.5. The summed E-state index contributed by atoms with van der Waals surface area (Å²) in [7, 11) is 0. The third-order valence-corrected chi connectivity index (χ3v) is 6.64. The molecule has 33 heavy (non-hydrogen) atoms. The van der Waals surface area contributed by atoms with Crippen molar-refractivity contribution in [1.29, 1.82) is 0 Å². The van der Waals surface area contributed by atoms with Gasteiger partial charge in [-0.2, -0.15) is 13.2 Å².